The van der Waals surface area contributed by atoms with Gasteiger partial charge in [0.1, 0.15) is 5.82 Å². The Labute approximate surface area is 118 Å². The molecule has 0 aromatic heterocycles. The molecule has 0 saturated heterocycles. The summed E-state index contributed by atoms with van der Waals surface area (Å²) >= 11 is 0. The van der Waals surface area contributed by atoms with E-state index >= 15 is 0 Å². The lowest BCUT2D eigenvalue weighted by atomic mass is 10.1. The van der Waals surface area contributed by atoms with E-state index in [2.05, 4.69) is 0 Å². The number of rotatable bonds is 5. The third-order valence-electron chi connectivity index (χ3n) is 3.27. The maximum absolute atomic E-state index is 13.0. The Balaban J connectivity index is 2.47. The van der Waals surface area contributed by atoms with Gasteiger partial charge in [-0.15, -0.1) is 0 Å². The molecule has 0 aliphatic carbocycles. The summed E-state index contributed by atoms with van der Waals surface area (Å²) in [4.78, 5) is 14.1. The predicted molar refractivity (Wildman–Crippen MR) is 80.1 cm³/mol. The third kappa shape index (κ3) is 2.87. The molecule has 2 aromatic rings. The summed E-state index contributed by atoms with van der Waals surface area (Å²) in [7, 11) is 0. The van der Waals surface area contributed by atoms with Gasteiger partial charge in [-0.1, -0.05) is 19.1 Å². The van der Waals surface area contributed by atoms with Crippen LogP contribution in [0.1, 0.15) is 30.6 Å². The van der Waals surface area contributed by atoms with Crippen molar-refractivity contribution < 1.29 is 9.18 Å². The third-order valence-corrected chi connectivity index (χ3v) is 3.27. The van der Waals surface area contributed by atoms with Gasteiger partial charge in [-0.05, 0) is 43.3 Å². The highest BCUT2D eigenvalue weighted by Gasteiger charge is 2.15. The van der Waals surface area contributed by atoms with Gasteiger partial charge in [0, 0.05) is 24.2 Å². The fourth-order valence-corrected chi connectivity index (χ4v) is 2.25. The number of hydrogen-bond acceptors (Lipinski definition) is 2. The predicted octanol–water partition coefficient (Wildman–Crippen LogP) is 4.58. The van der Waals surface area contributed by atoms with Crippen LogP contribution in [0.4, 0.5) is 15.8 Å². The fourth-order valence-electron chi connectivity index (χ4n) is 2.25. The molecule has 0 amide bonds. The molecule has 0 saturated carbocycles. The number of halogens is 1. The summed E-state index contributed by atoms with van der Waals surface area (Å²) in [6, 6.07) is 13.9. The van der Waals surface area contributed by atoms with E-state index in [0.717, 1.165) is 11.4 Å². The second-order valence-corrected chi connectivity index (χ2v) is 4.51. The molecule has 0 N–H and O–H groups in total. The average Bonchev–Trinajstić information content (AvgIpc) is 2.49. The highest BCUT2D eigenvalue weighted by Crippen LogP contribution is 2.29. The van der Waals surface area contributed by atoms with Gasteiger partial charge in [-0.25, -0.2) is 4.39 Å². The molecule has 0 aliphatic rings. The molecule has 0 aliphatic heterocycles. The van der Waals surface area contributed by atoms with Gasteiger partial charge in [0.05, 0.1) is 5.69 Å². The molecule has 104 valence electrons. The standard InChI is InChI=1S/C17H18FNO/c1-3-17(20)15-7-5-6-8-16(15)19(4-2)14-11-9-13(18)10-12-14/h5-12H,3-4H2,1-2H3. The van der Waals surface area contributed by atoms with E-state index < -0.39 is 0 Å². The lowest BCUT2D eigenvalue weighted by molar-refractivity contribution is 0.0988. The number of hydrogen-bond donors (Lipinski definition) is 0. The molecular weight excluding hydrogens is 253 g/mol. The molecule has 0 heterocycles. The van der Waals surface area contributed by atoms with E-state index in [1.54, 1.807) is 12.1 Å². The molecule has 0 bridgehead atoms. The van der Waals surface area contributed by atoms with Crippen LogP contribution in [-0.2, 0) is 0 Å². The fraction of sp³-hybridized carbons (Fsp3) is 0.235. The molecule has 2 rings (SSSR count). The number of anilines is 2. The Morgan fingerprint density at radius 2 is 1.70 bits per heavy atom. The molecule has 0 atom stereocenters. The maximum atomic E-state index is 13.0. The summed E-state index contributed by atoms with van der Waals surface area (Å²) in [5.74, 6) is -0.149. The Morgan fingerprint density at radius 3 is 2.30 bits per heavy atom. The largest absolute Gasteiger partial charge is 0.341 e. The van der Waals surface area contributed by atoms with Crippen LogP contribution in [0.3, 0.4) is 0 Å². The second-order valence-electron chi connectivity index (χ2n) is 4.51. The zero-order valence-corrected chi connectivity index (χ0v) is 11.8. The molecule has 2 nitrogen and oxygen atoms in total. The number of ketones is 1. The van der Waals surface area contributed by atoms with E-state index in [4.69, 9.17) is 0 Å². The van der Waals surface area contributed by atoms with Crippen molar-refractivity contribution in [3.8, 4) is 0 Å². The molecule has 0 unspecified atom stereocenters. The van der Waals surface area contributed by atoms with Crippen molar-refractivity contribution in [2.45, 2.75) is 20.3 Å². The Kier molecular flexibility index (Phi) is 4.51. The van der Waals surface area contributed by atoms with Crippen molar-refractivity contribution in [1.82, 2.24) is 0 Å². The number of Topliss-reactive ketones (excluding diaryl/α,β-unsaturated/α-hetero) is 1. The monoisotopic (exact) mass is 271 g/mol. The summed E-state index contributed by atoms with van der Waals surface area (Å²) < 4.78 is 13.0. The van der Waals surface area contributed by atoms with Crippen molar-refractivity contribution in [2.75, 3.05) is 11.4 Å². The van der Waals surface area contributed by atoms with Crippen LogP contribution < -0.4 is 4.90 Å². The first-order valence-corrected chi connectivity index (χ1v) is 6.82. The van der Waals surface area contributed by atoms with Crippen LogP contribution in [0.25, 0.3) is 0 Å². The normalized spacial score (nSPS) is 10.3. The molecule has 0 fully saturated rings. The summed E-state index contributed by atoms with van der Waals surface area (Å²) in [5, 5.41) is 0. The first kappa shape index (κ1) is 14.3. The summed E-state index contributed by atoms with van der Waals surface area (Å²) in [5.41, 5.74) is 2.46. The first-order valence-electron chi connectivity index (χ1n) is 6.82. The summed E-state index contributed by atoms with van der Waals surface area (Å²) in [6.07, 6.45) is 0.470. The molecular formula is C17H18FNO. The van der Waals surface area contributed by atoms with Crippen LogP contribution in [-0.4, -0.2) is 12.3 Å². The number of carbonyl (C=O) groups is 1. The molecule has 0 radical (unpaired) electrons. The van der Waals surface area contributed by atoms with Gasteiger partial charge in [-0.2, -0.15) is 0 Å². The van der Waals surface area contributed by atoms with Crippen LogP contribution >= 0.6 is 0 Å². The lowest BCUT2D eigenvalue weighted by Crippen LogP contribution is -2.19. The van der Waals surface area contributed by atoms with Crippen molar-refractivity contribution >= 4 is 17.2 Å². The van der Waals surface area contributed by atoms with E-state index in [-0.39, 0.29) is 11.6 Å². The highest BCUT2D eigenvalue weighted by molar-refractivity contribution is 6.01. The zero-order chi connectivity index (χ0) is 14.5. The van der Waals surface area contributed by atoms with Crippen molar-refractivity contribution in [3.05, 3.63) is 59.9 Å². The van der Waals surface area contributed by atoms with Crippen molar-refractivity contribution in [2.24, 2.45) is 0 Å². The minimum atomic E-state index is -0.261. The molecule has 20 heavy (non-hydrogen) atoms. The van der Waals surface area contributed by atoms with Gasteiger partial charge in [0.15, 0.2) is 5.78 Å². The topological polar surface area (TPSA) is 20.3 Å². The van der Waals surface area contributed by atoms with E-state index in [1.807, 2.05) is 43.0 Å². The van der Waals surface area contributed by atoms with Gasteiger partial charge in [0.2, 0.25) is 0 Å². The number of carbonyl (C=O) groups excluding carboxylic acids is 1. The maximum Gasteiger partial charge on any atom is 0.164 e. The SMILES string of the molecule is CCC(=O)c1ccccc1N(CC)c1ccc(F)cc1. The number of para-hydroxylation sites is 1. The Hall–Kier alpha value is -2.16. The van der Waals surface area contributed by atoms with E-state index in [9.17, 15) is 9.18 Å². The van der Waals surface area contributed by atoms with E-state index in [0.29, 0.717) is 18.5 Å². The highest BCUT2D eigenvalue weighted by atomic mass is 19.1. The quantitative estimate of drug-likeness (QED) is 0.742. The van der Waals surface area contributed by atoms with Crippen LogP contribution in [0.15, 0.2) is 48.5 Å². The lowest BCUT2D eigenvalue weighted by Gasteiger charge is -2.25. The number of nitrogens with zero attached hydrogens (tertiary/aromatic N) is 1. The van der Waals surface area contributed by atoms with Crippen molar-refractivity contribution in [3.63, 3.8) is 0 Å². The molecule has 0 spiro atoms. The molecule has 3 heteroatoms. The Morgan fingerprint density at radius 1 is 1.05 bits per heavy atom. The first-order chi connectivity index (χ1) is 9.67. The van der Waals surface area contributed by atoms with Gasteiger partial charge >= 0.3 is 0 Å². The zero-order valence-electron chi connectivity index (χ0n) is 11.8. The van der Waals surface area contributed by atoms with Crippen LogP contribution in [0.5, 0.6) is 0 Å². The average molecular weight is 271 g/mol. The van der Waals surface area contributed by atoms with Gasteiger partial charge in [0.25, 0.3) is 0 Å². The van der Waals surface area contributed by atoms with Crippen molar-refractivity contribution in [1.29, 1.82) is 0 Å². The van der Waals surface area contributed by atoms with Gasteiger partial charge < -0.3 is 4.90 Å². The van der Waals surface area contributed by atoms with Crippen LogP contribution in [0, 0.1) is 5.82 Å². The molecule has 2 aromatic carbocycles. The minimum Gasteiger partial charge on any atom is -0.341 e. The van der Waals surface area contributed by atoms with E-state index in [1.165, 1.54) is 12.1 Å². The summed E-state index contributed by atoms with van der Waals surface area (Å²) in [6.45, 7) is 4.57. The van der Waals surface area contributed by atoms with Crippen LogP contribution in [0.2, 0.25) is 0 Å². The smallest absolute Gasteiger partial charge is 0.164 e. The Bertz CT molecular complexity index is 592. The van der Waals surface area contributed by atoms with Gasteiger partial charge in [-0.3, -0.25) is 4.79 Å². The number of benzene rings is 2. The second kappa shape index (κ2) is 6.33. The minimum absolute atomic E-state index is 0.112.